The van der Waals surface area contributed by atoms with E-state index in [-0.39, 0.29) is 4.90 Å². The second-order valence-electron chi connectivity index (χ2n) is 7.78. The summed E-state index contributed by atoms with van der Waals surface area (Å²) in [4.78, 5) is 4.92. The molecule has 5 nitrogen and oxygen atoms in total. The van der Waals surface area contributed by atoms with Gasteiger partial charge in [-0.15, -0.1) is 11.3 Å². The van der Waals surface area contributed by atoms with Crippen molar-refractivity contribution in [3.05, 3.63) is 72.3 Å². The normalized spacial score (nSPS) is 11.7. The Bertz CT molecular complexity index is 1290. The number of anilines is 1. The number of nitrogens with one attached hydrogen (secondary N) is 1. The molecule has 3 aromatic carbocycles. The molecular formula is C24H24N2O3S2. The van der Waals surface area contributed by atoms with Gasteiger partial charge in [-0.3, -0.25) is 4.72 Å². The van der Waals surface area contributed by atoms with Crippen LogP contribution in [-0.4, -0.2) is 20.5 Å². The van der Waals surface area contributed by atoms with E-state index >= 15 is 0 Å². The van der Waals surface area contributed by atoms with E-state index in [0.717, 1.165) is 38.5 Å². The second kappa shape index (κ2) is 8.69. The fourth-order valence-corrected chi connectivity index (χ4v) is 5.38. The summed E-state index contributed by atoms with van der Waals surface area (Å²) in [5, 5.41) is 0.874. The first-order chi connectivity index (χ1) is 14.8. The molecule has 0 aliphatic carbocycles. The number of rotatable bonds is 7. The molecule has 0 aliphatic rings. The first kappa shape index (κ1) is 21.3. The SMILES string of the molecule is COc1ccc2nc(-c3ccc(NS(=O)(=O)c4ccc(CC(C)C)cc4)cc3)sc2c1. The molecule has 0 saturated carbocycles. The largest absolute Gasteiger partial charge is 0.497 e. The van der Waals surface area contributed by atoms with E-state index in [9.17, 15) is 8.42 Å². The highest BCUT2D eigenvalue weighted by atomic mass is 32.2. The number of hydrogen-bond donors (Lipinski definition) is 1. The predicted octanol–water partition coefficient (Wildman–Crippen LogP) is 5.97. The lowest BCUT2D eigenvalue weighted by Crippen LogP contribution is -2.13. The second-order valence-corrected chi connectivity index (χ2v) is 10.5. The zero-order valence-corrected chi connectivity index (χ0v) is 19.3. The molecule has 0 atom stereocenters. The van der Waals surface area contributed by atoms with Gasteiger partial charge in [-0.05, 0) is 72.5 Å². The van der Waals surface area contributed by atoms with Crippen LogP contribution in [0, 0.1) is 5.92 Å². The van der Waals surface area contributed by atoms with Crippen molar-refractivity contribution in [2.75, 3.05) is 11.8 Å². The van der Waals surface area contributed by atoms with Gasteiger partial charge in [-0.25, -0.2) is 13.4 Å². The van der Waals surface area contributed by atoms with Gasteiger partial charge in [0.15, 0.2) is 0 Å². The summed E-state index contributed by atoms with van der Waals surface area (Å²) in [5.74, 6) is 1.32. The predicted molar refractivity (Wildman–Crippen MR) is 127 cm³/mol. The highest BCUT2D eigenvalue weighted by Crippen LogP contribution is 2.33. The Morgan fingerprint density at radius 3 is 2.35 bits per heavy atom. The average molecular weight is 453 g/mol. The van der Waals surface area contributed by atoms with E-state index < -0.39 is 10.0 Å². The minimum atomic E-state index is -3.64. The lowest BCUT2D eigenvalue weighted by atomic mass is 10.0. The molecule has 0 radical (unpaired) electrons. The maximum atomic E-state index is 12.7. The monoisotopic (exact) mass is 452 g/mol. The molecule has 31 heavy (non-hydrogen) atoms. The van der Waals surface area contributed by atoms with E-state index in [1.54, 1.807) is 42.7 Å². The molecule has 4 aromatic rings. The molecule has 0 unspecified atom stereocenters. The van der Waals surface area contributed by atoms with Gasteiger partial charge in [0.1, 0.15) is 10.8 Å². The van der Waals surface area contributed by atoms with Crippen LogP contribution in [0.25, 0.3) is 20.8 Å². The first-order valence-corrected chi connectivity index (χ1v) is 12.3. The standard InChI is InChI=1S/C24H24N2O3S2/c1-16(2)14-17-4-11-21(12-5-17)31(27,28)26-19-8-6-18(7-9-19)24-25-22-13-10-20(29-3)15-23(22)30-24/h4-13,15-16,26H,14H2,1-3H3. The summed E-state index contributed by atoms with van der Waals surface area (Å²) in [6.07, 6.45) is 0.924. The Kier molecular flexibility index (Phi) is 5.98. The number of fused-ring (bicyclic) bond motifs is 1. The third-order valence-electron chi connectivity index (χ3n) is 4.86. The molecule has 1 aromatic heterocycles. The molecule has 0 fully saturated rings. The summed E-state index contributed by atoms with van der Waals surface area (Å²) >= 11 is 1.57. The highest BCUT2D eigenvalue weighted by Gasteiger charge is 2.15. The fourth-order valence-electron chi connectivity index (χ4n) is 3.33. The van der Waals surface area contributed by atoms with Crippen molar-refractivity contribution in [2.45, 2.75) is 25.2 Å². The van der Waals surface area contributed by atoms with E-state index in [4.69, 9.17) is 4.74 Å². The third-order valence-corrected chi connectivity index (χ3v) is 7.32. The van der Waals surface area contributed by atoms with Crippen LogP contribution >= 0.6 is 11.3 Å². The van der Waals surface area contributed by atoms with Crippen molar-refractivity contribution in [1.82, 2.24) is 4.98 Å². The molecule has 1 heterocycles. The maximum absolute atomic E-state index is 12.7. The molecule has 160 valence electrons. The highest BCUT2D eigenvalue weighted by molar-refractivity contribution is 7.92. The first-order valence-electron chi connectivity index (χ1n) is 10.0. The molecular weight excluding hydrogens is 428 g/mol. The average Bonchev–Trinajstić information content (AvgIpc) is 3.17. The van der Waals surface area contributed by atoms with Crippen molar-refractivity contribution < 1.29 is 13.2 Å². The number of sulfonamides is 1. The van der Waals surface area contributed by atoms with Gasteiger partial charge in [-0.2, -0.15) is 0 Å². The van der Waals surface area contributed by atoms with Crippen LogP contribution in [0.2, 0.25) is 0 Å². The number of ether oxygens (including phenoxy) is 1. The van der Waals surface area contributed by atoms with Crippen LogP contribution in [0.15, 0.2) is 71.6 Å². The lowest BCUT2D eigenvalue weighted by Gasteiger charge is -2.10. The lowest BCUT2D eigenvalue weighted by molar-refractivity contribution is 0.415. The number of hydrogen-bond acceptors (Lipinski definition) is 5. The Morgan fingerprint density at radius 2 is 1.71 bits per heavy atom. The Hall–Kier alpha value is -2.90. The van der Waals surface area contributed by atoms with Crippen LogP contribution < -0.4 is 9.46 Å². The van der Waals surface area contributed by atoms with Crippen molar-refractivity contribution in [3.63, 3.8) is 0 Å². The molecule has 0 aliphatic heterocycles. The van der Waals surface area contributed by atoms with Gasteiger partial charge in [0.2, 0.25) is 0 Å². The van der Waals surface area contributed by atoms with Gasteiger partial charge < -0.3 is 4.74 Å². The smallest absolute Gasteiger partial charge is 0.261 e. The number of thiazole rings is 1. The summed E-state index contributed by atoms with van der Waals surface area (Å²) < 4.78 is 34.4. The minimum Gasteiger partial charge on any atom is -0.497 e. The van der Waals surface area contributed by atoms with Gasteiger partial charge >= 0.3 is 0 Å². The third kappa shape index (κ3) is 4.89. The maximum Gasteiger partial charge on any atom is 0.261 e. The van der Waals surface area contributed by atoms with Crippen LogP contribution in [0.4, 0.5) is 5.69 Å². The van der Waals surface area contributed by atoms with Crippen LogP contribution in [-0.2, 0) is 16.4 Å². The van der Waals surface area contributed by atoms with Gasteiger partial charge in [0.25, 0.3) is 10.0 Å². The van der Waals surface area contributed by atoms with Crippen LogP contribution in [0.3, 0.4) is 0 Å². The summed E-state index contributed by atoms with van der Waals surface area (Å²) in [6, 6.07) is 20.1. The molecule has 7 heteroatoms. The summed E-state index contributed by atoms with van der Waals surface area (Å²) in [5.41, 5.74) is 3.48. The number of methoxy groups -OCH3 is 1. The molecule has 0 spiro atoms. The van der Waals surface area contributed by atoms with E-state index in [0.29, 0.717) is 11.6 Å². The molecule has 4 rings (SSSR count). The Labute approximate surface area is 186 Å². The van der Waals surface area contributed by atoms with Crippen LogP contribution in [0.5, 0.6) is 5.75 Å². The number of nitrogens with zero attached hydrogens (tertiary/aromatic N) is 1. The van der Waals surface area contributed by atoms with E-state index in [2.05, 4.69) is 23.6 Å². The van der Waals surface area contributed by atoms with Gasteiger partial charge in [0, 0.05) is 11.3 Å². The Morgan fingerprint density at radius 1 is 1.00 bits per heavy atom. The van der Waals surface area contributed by atoms with E-state index in [1.807, 2.05) is 42.5 Å². The molecule has 0 bridgehead atoms. The van der Waals surface area contributed by atoms with E-state index in [1.165, 1.54) is 0 Å². The minimum absolute atomic E-state index is 0.254. The van der Waals surface area contributed by atoms with Crippen molar-refractivity contribution in [3.8, 4) is 16.3 Å². The molecule has 0 saturated heterocycles. The topological polar surface area (TPSA) is 68.3 Å². The zero-order valence-electron chi connectivity index (χ0n) is 17.6. The van der Waals surface area contributed by atoms with Crippen molar-refractivity contribution >= 4 is 37.3 Å². The summed E-state index contributed by atoms with van der Waals surface area (Å²) in [6.45, 7) is 4.28. The van der Waals surface area contributed by atoms with Crippen molar-refractivity contribution in [1.29, 1.82) is 0 Å². The quantitative estimate of drug-likeness (QED) is 0.375. The van der Waals surface area contributed by atoms with Crippen molar-refractivity contribution in [2.24, 2.45) is 5.92 Å². The molecule has 1 N–H and O–H groups in total. The molecule has 0 amide bonds. The number of aromatic nitrogens is 1. The fraction of sp³-hybridized carbons (Fsp3) is 0.208. The zero-order chi connectivity index (χ0) is 22.0. The Balaban J connectivity index is 1.51. The van der Waals surface area contributed by atoms with Gasteiger partial charge in [0.05, 0.1) is 22.2 Å². The summed E-state index contributed by atoms with van der Waals surface area (Å²) in [7, 11) is -2.00. The van der Waals surface area contributed by atoms with Crippen LogP contribution in [0.1, 0.15) is 19.4 Å². The number of benzene rings is 3. The van der Waals surface area contributed by atoms with Gasteiger partial charge in [-0.1, -0.05) is 26.0 Å².